The number of carbonyl (C=O) groups excluding carboxylic acids is 2. The Kier molecular flexibility index (Phi) is 7.62. The summed E-state index contributed by atoms with van der Waals surface area (Å²) in [4.78, 5) is 25.2. The number of anilines is 1. The zero-order valence-electron chi connectivity index (χ0n) is 15.2. The van der Waals surface area contributed by atoms with E-state index in [1.807, 2.05) is 5.40 Å². The molecule has 0 radical (unpaired) electrons. The van der Waals surface area contributed by atoms with Crippen LogP contribution in [0.15, 0.2) is 40.1 Å². The fourth-order valence-corrected chi connectivity index (χ4v) is 5.38. The van der Waals surface area contributed by atoms with Crippen molar-refractivity contribution in [3.05, 3.63) is 40.8 Å². The average Bonchev–Trinajstić information content (AvgIpc) is 2.97. The van der Waals surface area contributed by atoms with Crippen molar-refractivity contribution in [1.82, 2.24) is 0 Å². The minimum atomic E-state index is -3.58. The van der Waals surface area contributed by atoms with Crippen molar-refractivity contribution in [3.63, 3.8) is 0 Å². The number of rotatable bonds is 8. The van der Waals surface area contributed by atoms with Crippen LogP contribution in [0.25, 0.3) is 0 Å². The predicted octanol–water partition coefficient (Wildman–Crippen LogP) is 3.61. The van der Waals surface area contributed by atoms with Crippen LogP contribution in [0, 0.1) is 17.6 Å². The molecule has 0 saturated heterocycles. The molecular formula is C18H18N2O5S3. The Morgan fingerprint density at radius 3 is 2.57 bits per heavy atom. The first-order chi connectivity index (χ1) is 13.3. The van der Waals surface area contributed by atoms with Gasteiger partial charge < -0.3 is 10.1 Å². The van der Waals surface area contributed by atoms with Gasteiger partial charge >= 0.3 is 5.97 Å². The molecule has 0 aliphatic carbocycles. The van der Waals surface area contributed by atoms with E-state index >= 15 is 0 Å². The van der Waals surface area contributed by atoms with Gasteiger partial charge in [0.25, 0.3) is 0 Å². The molecule has 0 saturated carbocycles. The summed E-state index contributed by atoms with van der Waals surface area (Å²) in [7, 11) is -3.58. The highest BCUT2D eigenvalue weighted by Gasteiger charge is 2.23. The number of hydrogen-bond donors (Lipinski definition) is 1. The Morgan fingerprint density at radius 2 is 1.96 bits per heavy atom. The first-order valence-electron chi connectivity index (χ1n) is 8.24. The number of carbonyl (C=O) groups is 2. The first-order valence-corrected chi connectivity index (χ1v) is 11.5. The van der Waals surface area contributed by atoms with Crippen LogP contribution in [0.5, 0.6) is 0 Å². The van der Waals surface area contributed by atoms with Crippen LogP contribution in [0.3, 0.4) is 0 Å². The largest absolute Gasteiger partial charge is 0.462 e. The third-order valence-electron chi connectivity index (χ3n) is 3.65. The number of ether oxygens (including phenoxy) is 1. The smallest absolute Gasteiger partial charge is 0.348 e. The van der Waals surface area contributed by atoms with E-state index in [-0.39, 0.29) is 23.7 Å². The van der Waals surface area contributed by atoms with Gasteiger partial charge in [-0.25, -0.2) is 13.2 Å². The second-order valence-corrected chi connectivity index (χ2v) is 9.48. The maximum absolute atomic E-state index is 12.3. The summed E-state index contributed by atoms with van der Waals surface area (Å²) in [6.07, 6.45) is -0.250. The maximum Gasteiger partial charge on any atom is 0.348 e. The molecule has 0 bridgehead atoms. The molecule has 1 aromatic carbocycles. The summed E-state index contributed by atoms with van der Waals surface area (Å²) in [5.41, 5.74) is 0.544. The molecule has 0 unspecified atom stereocenters. The van der Waals surface area contributed by atoms with Gasteiger partial charge in [-0.15, -0.1) is 11.3 Å². The van der Waals surface area contributed by atoms with Crippen LogP contribution >= 0.6 is 23.1 Å². The van der Waals surface area contributed by atoms with E-state index in [1.54, 1.807) is 32.0 Å². The van der Waals surface area contributed by atoms with Crippen molar-refractivity contribution in [1.29, 1.82) is 5.26 Å². The fourth-order valence-electron chi connectivity index (χ4n) is 2.30. The number of hydrogen-bond acceptors (Lipinski definition) is 8. The number of nitriles is 1. The second kappa shape index (κ2) is 9.73. The maximum atomic E-state index is 12.3. The number of sulfone groups is 1. The van der Waals surface area contributed by atoms with Gasteiger partial charge in [0.05, 0.1) is 22.2 Å². The quantitative estimate of drug-likeness (QED) is 0.380. The van der Waals surface area contributed by atoms with Crippen molar-refractivity contribution >= 4 is 49.8 Å². The summed E-state index contributed by atoms with van der Waals surface area (Å²) >= 11 is 1.83. The van der Waals surface area contributed by atoms with Crippen molar-refractivity contribution in [2.45, 2.75) is 30.1 Å². The standard InChI is InChI=1S/C18H18N2O5S3/c1-3-25-18(22)16-12(2)15(26-11-19)17(27-16)20-14(21)9-10-28(23,24)13-7-5-4-6-8-13/h4-8H,3,9-10H2,1-2H3,(H,20,21). The zero-order valence-corrected chi connectivity index (χ0v) is 17.7. The lowest BCUT2D eigenvalue weighted by Crippen LogP contribution is -2.17. The van der Waals surface area contributed by atoms with Crippen LogP contribution in [-0.4, -0.2) is 32.7 Å². The number of nitrogens with zero attached hydrogens (tertiary/aromatic N) is 1. The van der Waals surface area contributed by atoms with Crippen molar-refractivity contribution in [2.75, 3.05) is 17.7 Å². The van der Waals surface area contributed by atoms with E-state index in [9.17, 15) is 18.0 Å². The van der Waals surface area contributed by atoms with E-state index in [2.05, 4.69) is 5.32 Å². The van der Waals surface area contributed by atoms with Crippen molar-refractivity contribution in [2.24, 2.45) is 0 Å². The molecule has 1 N–H and O–H groups in total. The van der Waals surface area contributed by atoms with Crippen LogP contribution < -0.4 is 5.32 Å². The second-order valence-electron chi connectivity index (χ2n) is 5.56. The fraction of sp³-hybridized carbons (Fsp3) is 0.278. The molecule has 1 amide bonds. The van der Waals surface area contributed by atoms with Crippen molar-refractivity contribution in [3.8, 4) is 5.40 Å². The number of esters is 1. The van der Waals surface area contributed by atoms with Gasteiger partial charge in [-0.1, -0.05) is 18.2 Å². The lowest BCUT2D eigenvalue weighted by molar-refractivity contribution is -0.115. The SMILES string of the molecule is CCOC(=O)c1sc(NC(=O)CCS(=O)(=O)c2ccccc2)c(SC#N)c1C. The molecular weight excluding hydrogens is 420 g/mol. The lowest BCUT2D eigenvalue weighted by atomic mass is 10.3. The number of amides is 1. The molecule has 2 aromatic rings. The predicted molar refractivity (Wildman–Crippen MR) is 108 cm³/mol. The molecule has 7 nitrogen and oxygen atoms in total. The van der Waals surface area contributed by atoms with Crippen LogP contribution in [0.1, 0.15) is 28.6 Å². The van der Waals surface area contributed by atoms with Gasteiger partial charge in [-0.05, 0) is 43.3 Å². The summed E-state index contributed by atoms with van der Waals surface area (Å²) in [5.74, 6) is -1.40. The van der Waals surface area contributed by atoms with Gasteiger partial charge in [0.15, 0.2) is 9.84 Å². The third-order valence-corrected chi connectivity index (χ3v) is 7.51. The van der Waals surface area contributed by atoms with E-state index < -0.39 is 21.7 Å². The Bertz CT molecular complexity index is 1010. The average molecular weight is 439 g/mol. The molecule has 0 aliphatic rings. The van der Waals surface area contributed by atoms with Crippen LogP contribution in [0.2, 0.25) is 0 Å². The molecule has 0 atom stereocenters. The highest BCUT2D eigenvalue weighted by Crippen LogP contribution is 2.40. The molecule has 10 heteroatoms. The van der Waals surface area contributed by atoms with Crippen LogP contribution in [-0.2, 0) is 19.4 Å². The molecule has 0 fully saturated rings. The summed E-state index contributed by atoms with van der Waals surface area (Å²) in [6, 6.07) is 7.89. The Hall–Kier alpha value is -2.35. The normalized spacial score (nSPS) is 10.9. The van der Waals surface area contributed by atoms with Gasteiger partial charge in [-0.3, -0.25) is 4.79 Å². The molecule has 2 rings (SSSR count). The van der Waals surface area contributed by atoms with Gasteiger partial charge in [0.2, 0.25) is 5.91 Å². The number of thioether (sulfide) groups is 1. The number of thiocyanates is 1. The van der Waals surface area contributed by atoms with Gasteiger partial charge in [0.1, 0.15) is 15.3 Å². The van der Waals surface area contributed by atoms with Gasteiger partial charge in [-0.2, -0.15) is 5.26 Å². The number of nitrogens with one attached hydrogen (secondary N) is 1. The first kappa shape index (κ1) is 21.9. The minimum Gasteiger partial charge on any atom is -0.462 e. The van der Waals surface area contributed by atoms with Gasteiger partial charge in [0, 0.05) is 6.42 Å². The number of thiophene rings is 1. The van der Waals surface area contributed by atoms with E-state index in [4.69, 9.17) is 10.00 Å². The summed E-state index contributed by atoms with van der Waals surface area (Å²) < 4.78 is 29.6. The zero-order chi connectivity index (χ0) is 20.7. The molecule has 1 aromatic heterocycles. The highest BCUT2D eigenvalue weighted by atomic mass is 32.2. The number of benzene rings is 1. The topological polar surface area (TPSA) is 113 Å². The summed E-state index contributed by atoms with van der Waals surface area (Å²) in [6.45, 7) is 3.55. The Morgan fingerprint density at radius 1 is 1.29 bits per heavy atom. The molecule has 0 aliphatic heterocycles. The highest BCUT2D eigenvalue weighted by molar-refractivity contribution is 8.04. The van der Waals surface area contributed by atoms with E-state index in [0.717, 1.165) is 23.1 Å². The Labute approximate surface area is 171 Å². The van der Waals surface area contributed by atoms with E-state index in [0.29, 0.717) is 20.3 Å². The lowest BCUT2D eigenvalue weighted by Gasteiger charge is -2.06. The molecule has 28 heavy (non-hydrogen) atoms. The molecule has 0 spiro atoms. The third kappa shape index (κ3) is 5.34. The molecule has 1 heterocycles. The minimum absolute atomic E-state index is 0.153. The Balaban J connectivity index is 2.14. The summed E-state index contributed by atoms with van der Waals surface area (Å²) in [5, 5.41) is 13.9. The van der Waals surface area contributed by atoms with E-state index in [1.165, 1.54) is 12.1 Å². The van der Waals surface area contributed by atoms with Crippen LogP contribution in [0.4, 0.5) is 5.00 Å². The van der Waals surface area contributed by atoms with Crippen molar-refractivity contribution < 1.29 is 22.7 Å². The molecule has 148 valence electrons. The monoisotopic (exact) mass is 438 g/mol.